The van der Waals surface area contributed by atoms with E-state index in [0.29, 0.717) is 10.1 Å². The maximum atomic E-state index is 13.6. The van der Waals surface area contributed by atoms with Crippen molar-refractivity contribution in [1.29, 1.82) is 0 Å². The van der Waals surface area contributed by atoms with Gasteiger partial charge in [0.15, 0.2) is 6.61 Å². The molecule has 25 heavy (non-hydrogen) atoms. The molecule has 0 saturated heterocycles. The number of halogens is 1. The van der Waals surface area contributed by atoms with Crippen molar-refractivity contribution in [3.05, 3.63) is 52.0 Å². The molecule has 1 aromatic carbocycles. The monoisotopic (exact) mass is 378 g/mol. The van der Waals surface area contributed by atoms with Crippen LogP contribution in [0.3, 0.4) is 0 Å². The average Bonchev–Trinajstić information content (AvgIpc) is 3.20. The molecule has 9 heteroatoms. The summed E-state index contributed by atoms with van der Waals surface area (Å²) < 4.78 is 19.2. The number of fused-ring (bicyclic) bond motifs is 1. The van der Waals surface area contributed by atoms with Gasteiger partial charge in [0.25, 0.3) is 11.8 Å². The Balaban J connectivity index is 1.63. The number of carbonyl (C=O) groups excluding carboxylic acids is 3. The quantitative estimate of drug-likeness (QED) is 0.667. The number of nitrogens with one attached hydrogen (secondary N) is 1. The summed E-state index contributed by atoms with van der Waals surface area (Å²) in [6.45, 7) is -0.536. The standard InChI is InChI=1S/C16H11FN2O4S2/c17-10-2-1-3-11-9(10)6-12(25-11)16(22)23-7-13(20)19-15-8(14(18)21)4-5-24-15/h1-6H,7H2,(H2,18,21)(H,19,20). The van der Waals surface area contributed by atoms with Crippen molar-refractivity contribution in [2.75, 3.05) is 11.9 Å². The lowest BCUT2D eigenvalue weighted by Gasteiger charge is -2.05. The third-order valence-electron chi connectivity index (χ3n) is 3.23. The van der Waals surface area contributed by atoms with Gasteiger partial charge in [-0.1, -0.05) is 6.07 Å². The summed E-state index contributed by atoms with van der Waals surface area (Å²) in [5, 5.41) is 4.68. The summed E-state index contributed by atoms with van der Waals surface area (Å²) in [4.78, 5) is 35.3. The number of esters is 1. The highest BCUT2D eigenvalue weighted by atomic mass is 32.1. The predicted molar refractivity (Wildman–Crippen MR) is 93.5 cm³/mol. The van der Waals surface area contributed by atoms with E-state index in [1.807, 2.05) is 0 Å². The van der Waals surface area contributed by atoms with Crippen molar-refractivity contribution in [2.45, 2.75) is 0 Å². The molecule has 3 aromatic rings. The highest BCUT2D eigenvalue weighted by Gasteiger charge is 2.17. The Kier molecular flexibility index (Phi) is 4.77. The van der Waals surface area contributed by atoms with Gasteiger partial charge in [-0.05, 0) is 29.6 Å². The van der Waals surface area contributed by atoms with E-state index < -0.39 is 30.2 Å². The van der Waals surface area contributed by atoms with E-state index in [0.717, 1.165) is 22.7 Å². The fourth-order valence-corrected chi connectivity index (χ4v) is 3.87. The molecule has 128 valence electrons. The molecule has 3 rings (SSSR count). The number of hydrogen-bond donors (Lipinski definition) is 2. The lowest BCUT2D eigenvalue weighted by atomic mass is 10.2. The molecule has 0 spiro atoms. The number of benzene rings is 1. The van der Waals surface area contributed by atoms with Crippen LogP contribution in [0.5, 0.6) is 0 Å². The van der Waals surface area contributed by atoms with E-state index in [9.17, 15) is 18.8 Å². The Hall–Kier alpha value is -2.78. The summed E-state index contributed by atoms with van der Waals surface area (Å²) >= 11 is 2.21. The van der Waals surface area contributed by atoms with Crippen molar-refractivity contribution in [3.8, 4) is 0 Å². The van der Waals surface area contributed by atoms with Crippen molar-refractivity contribution in [2.24, 2.45) is 5.73 Å². The summed E-state index contributed by atoms with van der Waals surface area (Å²) in [5.41, 5.74) is 5.37. The van der Waals surface area contributed by atoms with E-state index >= 15 is 0 Å². The molecule has 3 N–H and O–H groups in total. The molecule has 0 bridgehead atoms. The number of nitrogens with two attached hydrogens (primary N) is 1. The van der Waals surface area contributed by atoms with Crippen LogP contribution in [0.2, 0.25) is 0 Å². The molecule has 0 unspecified atom stereocenters. The molecule has 0 saturated carbocycles. The third-order valence-corrected chi connectivity index (χ3v) is 5.14. The first-order chi connectivity index (χ1) is 12.0. The van der Waals surface area contributed by atoms with E-state index in [1.165, 1.54) is 18.2 Å². The molecule has 0 fully saturated rings. The maximum Gasteiger partial charge on any atom is 0.348 e. The Labute approximate surface area is 149 Å². The SMILES string of the molecule is NC(=O)c1ccsc1NC(=O)COC(=O)c1cc2c(F)cccc2s1. The number of amides is 2. The normalized spacial score (nSPS) is 10.6. The average molecular weight is 378 g/mol. The third kappa shape index (κ3) is 3.67. The second kappa shape index (κ2) is 6.99. The number of carbonyl (C=O) groups is 3. The predicted octanol–water partition coefficient (Wildman–Crippen LogP) is 3.00. The fourth-order valence-electron chi connectivity index (χ4n) is 2.09. The minimum atomic E-state index is -0.725. The van der Waals surface area contributed by atoms with Crippen molar-refractivity contribution in [3.63, 3.8) is 0 Å². The van der Waals surface area contributed by atoms with Crippen LogP contribution < -0.4 is 11.1 Å². The van der Waals surface area contributed by atoms with Crippen LogP contribution in [0.4, 0.5) is 9.39 Å². The summed E-state index contributed by atoms with van der Waals surface area (Å²) in [6, 6.07) is 7.41. The lowest BCUT2D eigenvalue weighted by molar-refractivity contribution is -0.119. The Bertz CT molecular complexity index is 980. The minimum Gasteiger partial charge on any atom is -0.451 e. The number of rotatable bonds is 5. The molecule has 0 aliphatic heterocycles. The van der Waals surface area contributed by atoms with Gasteiger partial charge >= 0.3 is 5.97 Å². The fraction of sp³-hybridized carbons (Fsp3) is 0.0625. The highest BCUT2D eigenvalue weighted by Crippen LogP contribution is 2.28. The topological polar surface area (TPSA) is 98.5 Å². The highest BCUT2D eigenvalue weighted by molar-refractivity contribution is 7.20. The molecule has 2 amide bonds. The van der Waals surface area contributed by atoms with Crippen molar-refractivity contribution >= 4 is 55.5 Å². The van der Waals surface area contributed by atoms with Gasteiger partial charge < -0.3 is 15.8 Å². The zero-order valence-corrected chi connectivity index (χ0v) is 14.2. The van der Waals surface area contributed by atoms with E-state index in [4.69, 9.17) is 10.5 Å². The zero-order valence-electron chi connectivity index (χ0n) is 12.6. The van der Waals surface area contributed by atoms with Crippen LogP contribution in [-0.4, -0.2) is 24.4 Å². The molecular formula is C16H11FN2O4S2. The Morgan fingerprint density at radius 2 is 2.04 bits per heavy atom. The summed E-state index contributed by atoms with van der Waals surface area (Å²) in [5.74, 6) is -2.43. The molecule has 0 atom stereocenters. The molecule has 0 radical (unpaired) electrons. The number of ether oxygens (including phenoxy) is 1. The van der Waals surface area contributed by atoms with Crippen LogP contribution >= 0.6 is 22.7 Å². The largest absolute Gasteiger partial charge is 0.451 e. The first-order valence-electron chi connectivity index (χ1n) is 6.98. The Morgan fingerprint density at radius 1 is 1.24 bits per heavy atom. The second-order valence-corrected chi connectivity index (χ2v) is 6.91. The number of anilines is 1. The summed E-state index contributed by atoms with van der Waals surface area (Å²) in [6.07, 6.45) is 0. The Morgan fingerprint density at radius 3 is 2.76 bits per heavy atom. The van der Waals surface area contributed by atoms with Crippen molar-refractivity contribution < 1.29 is 23.5 Å². The maximum absolute atomic E-state index is 13.6. The molecular weight excluding hydrogens is 367 g/mol. The summed E-state index contributed by atoms with van der Waals surface area (Å²) in [7, 11) is 0. The van der Waals surface area contributed by atoms with Gasteiger partial charge in [0.1, 0.15) is 15.7 Å². The van der Waals surface area contributed by atoms with Gasteiger partial charge in [-0.25, -0.2) is 9.18 Å². The van der Waals surface area contributed by atoms with Crippen molar-refractivity contribution in [1.82, 2.24) is 0 Å². The van der Waals surface area contributed by atoms with Gasteiger partial charge in [-0.3, -0.25) is 9.59 Å². The van der Waals surface area contributed by atoms with Crippen LogP contribution in [0.25, 0.3) is 10.1 Å². The van der Waals surface area contributed by atoms with Crippen LogP contribution in [0.15, 0.2) is 35.7 Å². The molecule has 6 nitrogen and oxygen atoms in total. The van der Waals surface area contributed by atoms with Crippen LogP contribution in [0.1, 0.15) is 20.0 Å². The molecule has 0 aliphatic rings. The van der Waals surface area contributed by atoms with E-state index in [1.54, 1.807) is 17.5 Å². The van der Waals surface area contributed by atoms with Gasteiger partial charge in [0.05, 0.1) is 5.56 Å². The lowest BCUT2D eigenvalue weighted by Crippen LogP contribution is -2.22. The van der Waals surface area contributed by atoms with Gasteiger partial charge in [-0.2, -0.15) is 0 Å². The first-order valence-corrected chi connectivity index (χ1v) is 8.67. The smallest absolute Gasteiger partial charge is 0.348 e. The van der Waals surface area contributed by atoms with Gasteiger partial charge in [-0.15, -0.1) is 22.7 Å². The number of thiophene rings is 2. The zero-order chi connectivity index (χ0) is 18.0. The second-order valence-electron chi connectivity index (χ2n) is 4.91. The number of hydrogen-bond acceptors (Lipinski definition) is 6. The molecule has 0 aliphatic carbocycles. The minimum absolute atomic E-state index is 0.185. The first kappa shape index (κ1) is 17.1. The van der Waals surface area contributed by atoms with E-state index in [2.05, 4.69) is 5.32 Å². The molecule has 2 aromatic heterocycles. The number of primary amides is 1. The van der Waals surface area contributed by atoms with Crippen LogP contribution in [-0.2, 0) is 9.53 Å². The van der Waals surface area contributed by atoms with E-state index in [-0.39, 0.29) is 15.4 Å². The van der Waals surface area contributed by atoms with Gasteiger partial charge in [0.2, 0.25) is 0 Å². The molecule has 2 heterocycles. The van der Waals surface area contributed by atoms with Gasteiger partial charge in [0, 0.05) is 10.1 Å². The van der Waals surface area contributed by atoms with Crippen LogP contribution in [0, 0.1) is 5.82 Å².